The number of anilines is 1. The van der Waals surface area contributed by atoms with E-state index >= 15 is 0 Å². The molecule has 3 aromatic rings. The van der Waals surface area contributed by atoms with Gasteiger partial charge in [0.15, 0.2) is 0 Å². The molecule has 31 heavy (non-hydrogen) atoms. The van der Waals surface area contributed by atoms with Gasteiger partial charge in [-0.3, -0.25) is 9.88 Å². The summed E-state index contributed by atoms with van der Waals surface area (Å²) < 4.78 is 5.50. The largest absolute Gasteiger partial charge is 0.396 e. The molecule has 164 valence electrons. The third-order valence-electron chi connectivity index (χ3n) is 6.07. The van der Waals surface area contributed by atoms with Crippen LogP contribution in [-0.2, 0) is 30.7 Å². The van der Waals surface area contributed by atoms with Crippen molar-refractivity contribution in [2.45, 2.75) is 38.8 Å². The number of pyridine rings is 1. The summed E-state index contributed by atoms with van der Waals surface area (Å²) in [5.41, 5.74) is 2.64. The Morgan fingerprint density at radius 1 is 1.13 bits per heavy atom. The minimum Gasteiger partial charge on any atom is -0.396 e. The molecule has 0 radical (unpaired) electrons. The van der Waals surface area contributed by atoms with Crippen LogP contribution in [0.5, 0.6) is 0 Å². The first-order valence-electron chi connectivity index (χ1n) is 11.2. The van der Waals surface area contributed by atoms with Crippen molar-refractivity contribution in [1.82, 2.24) is 19.9 Å². The number of aliphatic hydroxyl groups excluding tert-OH is 1. The lowest BCUT2D eigenvalue weighted by Crippen LogP contribution is -2.36. The maximum atomic E-state index is 9.54. The van der Waals surface area contributed by atoms with E-state index in [-0.39, 0.29) is 6.61 Å². The van der Waals surface area contributed by atoms with Crippen LogP contribution in [0.25, 0.3) is 10.2 Å². The van der Waals surface area contributed by atoms with Crippen molar-refractivity contribution in [2.75, 3.05) is 44.4 Å². The second-order valence-corrected chi connectivity index (χ2v) is 9.33. The van der Waals surface area contributed by atoms with Crippen LogP contribution in [0, 0.1) is 0 Å². The lowest BCUT2D eigenvalue weighted by Gasteiger charge is -2.28. The van der Waals surface area contributed by atoms with Crippen LogP contribution in [0.1, 0.15) is 34.7 Å². The van der Waals surface area contributed by atoms with E-state index in [1.165, 1.54) is 27.8 Å². The number of ether oxygens (including phenoxy) is 1. The first-order chi connectivity index (χ1) is 15.3. The van der Waals surface area contributed by atoms with Gasteiger partial charge in [-0.25, -0.2) is 9.97 Å². The first kappa shape index (κ1) is 20.8. The Labute approximate surface area is 186 Å². The van der Waals surface area contributed by atoms with Crippen LogP contribution >= 0.6 is 11.3 Å². The molecule has 4 heterocycles. The fraction of sp³-hybridized carbons (Fsp3) is 0.522. The van der Waals surface area contributed by atoms with Crippen LogP contribution in [0.2, 0.25) is 0 Å². The van der Waals surface area contributed by atoms with Crippen LogP contribution < -0.4 is 4.90 Å². The van der Waals surface area contributed by atoms with Gasteiger partial charge in [0.05, 0.1) is 25.1 Å². The summed E-state index contributed by atoms with van der Waals surface area (Å²) in [4.78, 5) is 21.6. The van der Waals surface area contributed by atoms with E-state index in [0.717, 1.165) is 75.3 Å². The highest BCUT2D eigenvalue weighted by atomic mass is 32.1. The van der Waals surface area contributed by atoms with Gasteiger partial charge in [0, 0.05) is 50.1 Å². The predicted octanol–water partition coefficient (Wildman–Crippen LogP) is 2.80. The molecule has 1 N–H and O–H groups in total. The molecule has 0 aromatic carbocycles. The molecule has 0 bridgehead atoms. The molecule has 1 aliphatic heterocycles. The standard InChI is InChI=1S/C23H29N5O2S/c29-12-2-9-28(15-17-5-7-24-8-6-17)22-21-18-3-1-4-19(18)31-23(21)26-20(25-22)16-27-10-13-30-14-11-27/h5-8,29H,1-4,9-16H2. The van der Waals surface area contributed by atoms with E-state index < -0.39 is 0 Å². The third kappa shape index (κ3) is 4.57. The van der Waals surface area contributed by atoms with Gasteiger partial charge < -0.3 is 14.7 Å². The van der Waals surface area contributed by atoms with Gasteiger partial charge in [-0.15, -0.1) is 11.3 Å². The van der Waals surface area contributed by atoms with Crippen LogP contribution in [0.4, 0.5) is 5.82 Å². The van der Waals surface area contributed by atoms with Crippen LogP contribution in [-0.4, -0.2) is 64.4 Å². The SMILES string of the molecule is OCCCN(Cc1ccncc1)c1nc(CN2CCOCC2)nc2sc3c(c12)CCC3. The summed E-state index contributed by atoms with van der Waals surface area (Å²) in [6.45, 7) is 5.80. The second-order valence-electron chi connectivity index (χ2n) is 8.24. The highest BCUT2D eigenvalue weighted by Crippen LogP contribution is 2.41. The monoisotopic (exact) mass is 439 g/mol. The van der Waals surface area contributed by atoms with E-state index in [1.807, 2.05) is 23.7 Å². The Morgan fingerprint density at radius 2 is 1.97 bits per heavy atom. The summed E-state index contributed by atoms with van der Waals surface area (Å²) >= 11 is 1.84. The maximum absolute atomic E-state index is 9.54. The Morgan fingerprint density at radius 3 is 2.77 bits per heavy atom. The van der Waals surface area contributed by atoms with E-state index in [2.05, 4.69) is 26.9 Å². The van der Waals surface area contributed by atoms with Gasteiger partial charge >= 0.3 is 0 Å². The van der Waals surface area contributed by atoms with Crippen molar-refractivity contribution < 1.29 is 9.84 Å². The topological polar surface area (TPSA) is 74.6 Å². The molecule has 7 nitrogen and oxygen atoms in total. The fourth-order valence-electron chi connectivity index (χ4n) is 4.51. The maximum Gasteiger partial charge on any atom is 0.146 e. The Balaban J connectivity index is 1.55. The molecular formula is C23H29N5O2S. The van der Waals surface area contributed by atoms with Gasteiger partial charge in [-0.2, -0.15) is 0 Å². The summed E-state index contributed by atoms with van der Waals surface area (Å²) in [6, 6.07) is 4.11. The van der Waals surface area contributed by atoms with E-state index in [0.29, 0.717) is 6.42 Å². The highest BCUT2D eigenvalue weighted by molar-refractivity contribution is 7.19. The van der Waals surface area contributed by atoms with E-state index in [4.69, 9.17) is 14.7 Å². The van der Waals surface area contributed by atoms with Crippen LogP contribution in [0.3, 0.4) is 0 Å². The van der Waals surface area contributed by atoms with E-state index in [1.54, 1.807) is 0 Å². The number of aryl methyl sites for hydroxylation is 2. The lowest BCUT2D eigenvalue weighted by molar-refractivity contribution is 0.0331. The highest BCUT2D eigenvalue weighted by Gasteiger charge is 2.25. The van der Waals surface area contributed by atoms with Gasteiger partial charge in [-0.05, 0) is 48.9 Å². The number of rotatable bonds is 8. The number of fused-ring (bicyclic) bond motifs is 3. The molecule has 0 spiro atoms. The number of aromatic nitrogens is 3. The third-order valence-corrected chi connectivity index (χ3v) is 7.25. The Bertz CT molecular complexity index is 1020. The normalized spacial score (nSPS) is 16.7. The lowest BCUT2D eigenvalue weighted by atomic mass is 10.1. The predicted molar refractivity (Wildman–Crippen MR) is 123 cm³/mol. The second kappa shape index (κ2) is 9.56. The average Bonchev–Trinajstić information content (AvgIpc) is 3.39. The zero-order valence-electron chi connectivity index (χ0n) is 17.8. The Hall–Kier alpha value is -2.13. The number of thiophene rings is 1. The molecule has 0 saturated carbocycles. The van der Waals surface area contributed by atoms with Gasteiger partial charge in [0.25, 0.3) is 0 Å². The molecule has 8 heteroatoms. The molecule has 0 atom stereocenters. The van der Waals surface area contributed by atoms with Gasteiger partial charge in [0.1, 0.15) is 16.5 Å². The summed E-state index contributed by atoms with van der Waals surface area (Å²) in [7, 11) is 0. The molecule has 0 unspecified atom stereocenters. The number of nitrogens with zero attached hydrogens (tertiary/aromatic N) is 5. The zero-order valence-corrected chi connectivity index (χ0v) is 18.6. The van der Waals surface area contributed by atoms with Crippen molar-refractivity contribution in [2.24, 2.45) is 0 Å². The first-order valence-corrected chi connectivity index (χ1v) is 12.0. The van der Waals surface area contributed by atoms with Crippen LogP contribution in [0.15, 0.2) is 24.5 Å². The number of aliphatic hydroxyl groups is 1. The average molecular weight is 440 g/mol. The number of hydrogen-bond donors (Lipinski definition) is 1. The minimum absolute atomic E-state index is 0.170. The van der Waals surface area contributed by atoms with Gasteiger partial charge in [0.2, 0.25) is 0 Å². The van der Waals surface area contributed by atoms with Crippen molar-refractivity contribution in [3.63, 3.8) is 0 Å². The summed E-state index contributed by atoms with van der Waals surface area (Å²) in [5.74, 6) is 1.91. The van der Waals surface area contributed by atoms with Crippen molar-refractivity contribution in [1.29, 1.82) is 0 Å². The molecule has 2 aliphatic rings. The van der Waals surface area contributed by atoms with Crippen molar-refractivity contribution in [3.05, 3.63) is 46.4 Å². The minimum atomic E-state index is 0.170. The number of hydrogen-bond acceptors (Lipinski definition) is 8. The smallest absolute Gasteiger partial charge is 0.146 e. The molecule has 1 saturated heterocycles. The van der Waals surface area contributed by atoms with Crippen molar-refractivity contribution >= 4 is 27.4 Å². The molecular weight excluding hydrogens is 410 g/mol. The van der Waals surface area contributed by atoms with Gasteiger partial charge in [-0.1, -0.05) is 0 Å². The quantitative estimate of drug-likeness (QED) is 0.578. The zero-order chi connectivity index (χ0) is 21.0. The summed E-state index contributed by atoms with van der Waals surface area (Å²) in [6.07, 6.45) is 7.85. The molecule has 5 rings (SSSR count). The number of morpholine rings is 1. The molecule has 3 aromatic heterocycles. The summed E-state index contributed by atoms with van der Waals surface area (Å²) in [5, 5.41) is 10.8. The molecule has 1 fully saturated rings. The molecule has 1 aliphatic carbocycles. The van der Waals surface area contributed by atoms with Crippen molar-refractivity contribution in [3.8, 4) is 0 Å². The fourth-order valence-corrected chi connectivity index (χ4v) is 5.78. The Kier molecular flexibility index (Phi) is 6.40. The van der Waals surface area contributed by atoms with E-state index in [9.17, 15) is 5.11 Å². The molecule has 0 amide bonds.